The molecule has 4 aliphatic carbocycles. The molecule has 2 aromatic rings. The first kappa shape index (κ1) is 15.3. The second-order valence-electron chi connectivity index (χ2n) is 7.09. The molecule has 6 rings (SSSR count). The largest absolute Gasteiger partial charge is 0.0585 e. The lowest BCUT2D eigenvalue weighted by molar-refractivity contribution is 0.867. The van der Waals surface area contributed by atoms with Gasteiger partial charge in [0.15, 0.2) is 0 Å². The van der Waals surface area contributed by atoms with E-state index in [-0.39, 0.29) is 0 Å². The van der Waals surface area contributed by atoms with E-state index in [2.05, 4.69) is 53.7 Å². The van der Waals surface area contributed by atoms with E-state index in [9.17, 15) is 0 Å². The molecular formula is C22H28. The Morgan fingerprint density at radius 2 is 0.773 bits per heavy atom. The van der Waals surface area contributed by atoms with E-state index >= 15 is 0 Å². The highest BCUT2D eigenvalue weighted by Gasteiger charge is 2.17. The van der Waals surface area contributed by atoms with E-state index in [1.807, 2.05) is 0 Å². The van der Waals surface area contributed by atoms with Gasteiger partial charge in [-0.3, -0.25) is 0 Å². The van der Waals surface area contributed by atoms with Gasteiger partial charge in [0, 0.05) is 0 Å². The molecule has 0 heterocycles. The molecule has 0 radical (unpaired) electrons. The minimum absolute atomic E-state index is 1.16. The maximum absolute atomic E-state index is 2.37. The van der Waals surface area contributed by atoms with Gasteiger partial charge in [-0.05, 0) is 123 Å². The molecule has 0 unspecified atom stereocenters. The molecular weight excluding hydrogens is 264 g/mol. The fourth-order valence-corrected chi connectivity index (χ4v) is 4.21. The normalized spacial score (nSPS) is 14.1. The monoisotopic (exact) mass is 292 g/mol. The van der Waals surface area contributed by atoms with Gasteiger partial charge in [-0.25, -0.2) is 0 Å². The Balaban J connectivity index is 2.21. The standard InChI is InChI=1S/C22H28/c1-13-14(2)20-8-7-19(13)9-11-21-15(3)17(5)22(12-10-20)18(6)16(21)4/h7-8H,9-12H2,1-6H3. The molecule has 0 aliphatic heterocycles. The number of rotatable bonds is 0. The Morgan fingerprint density at radius 1 is 0.455 bits per heavy atom. The topological polar surface area (TPSA) is 0 Å². The smallest absolute Gasteiger partial charge is 0.0233 e. The molecule has 0 saturated carbocycles. The molecule has 0 amide bonds. The third-order valence-corrected chi connectivity index (χ3v) is 6.24. The van der Waals surface area contributed by atoms with Crippen LogP contribution in [0.4, 0.5) is 0 Å². The summed E-state index contributed by atoms with van der Waals surface area (Å²) >= 11 is 0. The third-order valence-electron chi connectivity index (χ3n) is 6.24. The average Bonchev–Trinajstić information content (AvgIpc) is 2.49. The number of hydrogen-bond acceptors (Lipinski definition) is 0. The van der Waals surface area contributed by atoms with Crippen molar-refractivity contribution in [2.24, 2.45) is 0 Å². The molecule has 0 atom stereocenters. The van der Waals surface area contributed by atoms with Crippen LogP contribution in [0.25, 0.3) is 0 Å². The van der Waals surface area contributed by atoms with Crippen molar-refractivity contribution in [2.75, 3.05) is 0 Å². The highest BCUT2D eigenvalue weighted by Crippen LogP contribution is 2.31. The van der Waals surface area contributed by atoms with Gasteiger partial charge >= 0.3 is 0 Å². The fourth-order valence-electron chi connectivity index (χ4n) is 4.21. The van der Waals surface area contributed by atoms with E-state index in [1.54, 1.807) is 11.1 Å². The minimum Gasteiger partial charge on any atom is -0.0585 e. The first-order valence-electron chi connectivity index (χ1n) is 8.57. The Kier molecular flexibility index (Phi) is 3.89. The summed E-state index contributed by atoms with van der Waals surface area (Å²) in [6.07, 6.45) is 4.65. The Bertz CT molecular complexity index is 654. The van der Waals surface area contributed by atoms with Crippen LogP contribution in [-0.2, 0) is 25.7 Å². The van der Waals surface area contributed by atoms with E-state index in [1.165, 1.54) is 57.3 Å². The zero-order valence-electron chi connectivity index (χ0n) is 15.0. The van der Waals surface area contributed by atoms with Gasteiger partial charge in [-0.15, -0.1) is 0 Å². The summed E-state index contributed by atoms with van der Waals surface area (Å²) in [7, 11) is 0. The van der Waals surface area contributed by atoms with Crippen molar-refractivity contribution in [3.05, 3.63) is 67.8 Å². The summed E-state index contributed by atoms with van der Waals surface area (Å²) in [6, 6.07) is 4.74. The Morgan fingerprint density at radius 3 is 1.09 bits per heavy atom. The van der Waals surface area contributed by atoms with Crippen molar-refractivity contribution < 1.29 is 0 Å². The van der Waals surface area contributed by atoms with Crippen LogP contribution in [-0.4, -0.2) is 0 Å². The van der Waals surface area contributed by atoms with Gasteiger partial charge in [0.25, 0.3) is 0 Å². The van der Waals surface area contributed by atoms with Gasteiger partial charge in [0.05, 0.1) is 0 Å². The van der Waals surface area contributed by atoms with Gasteiger partial charge < -0.3 is 0 Å². The average molecular weight is 292 g/mol. The molecule has 0 nitrogen and oxygen atoms in total. The summed E-state index contributed by atoms with van der Waals surface area (Å²) in [6.45, 7) is 13.9. The maximum atomic E-state index is 2.37. The van der Waals surface area contributed by atoms with E-state index in [0.717, 1.165) is 12.8 Å². The lowest BCUT2D eigenvalue weighted by atomic mass is 9.82. The van der Waals surface area contributed by atoms with Crippen LogP contribution in [0, 0.1) is 41.5 Å². The van der Waals surface area contributed by atoms with Crippen molar-refractivity contribution in [1.82, 2.24) is 0 Å². The number of hydrogen-bond donors (Lipinski definition) is 0. The molecule has 0 N–H and O–H groups in total. The van der Waals surface area contributed by atoms with Crippen LogP contribution < -0.4 is 0 Å². The molecule has 4 bridgehead atoms. The summed E-state index contributed by atoms with van der Waals surface area (Å²) in [5, 5.41) is 0. The molecule has 0 fully saturated rings. The van der Waals surface area contributed by atoms with Crippen molar-refractivity contribution in [2.45, 2.75) is 67.2 Å². The molecule has 0 spiro atoms. The third kappa shape index (κ3) is 2.29. The highest BCUT2D eigenvalue weighted by atomic mass is 14.2. The molecule has 2 aromatic carbocycles. The van der Waals surface area contributed by atoms with Crippen LogP contribution in [0.2, 0.25) is 0 Å². The van der Waals surface area contributed by atoms with Crippen molar-refractivity contribution in [1.29, 1.82) is 0 Å². The van der Waals surface area contributed by atoms with Crippen molar-refractivity contribution >= 4 is 0 Å². The maximum Gasteiger partial charge on any atom is -0.0233 e. The predicted octanol–water partition coefficient (Wildman–Crippen LogP) is 5.42. The van der Waals surface area contributed by atoms with Gasteiger partial charge in [0.1, 0.15) is 0 Å². The zero-order valence-corrected chi connectivity index (χ0v) is 15.0. The minimum atomic E-state index is 1.16. The summed E-state index contributed by atoms with van der Waals surface area (Å²) in [5.74, 6) is 0. The fraction of sp³-hybridized carbons (Fsp3) is 0.455. The molecule has 116 valence electrons. The highest BCUT2D eigenvalue weighted by molar-refractivity contribution is 5.51. The zero-order chi connectivity index (χ0) is 16.0. The Labute approximate surface area is 135 Å². The van der Waals surface area contributed by atoms with Crippen LogP contribution in [0.3, 0.4) is 0 Å². The first-order chi connectivity index (χ1) is 10.4. The second kappa shape index (κ2) is 5.57. The predicted molar refractivity (Wildman–Crippen MR) is 96.1 cm³/mol. The molecule has 22 heavy (non-hydrogen) atoms. The van der Waals surface area contributed by atoms with Crippen LogP contribution in [0.5, 0.6) is 0 Å². The second-order valence-corrected chi connectivity index (χ2v) is 7.09. The molecule has 0 aromatic heterocycles. The Hall–Kier alpha value is -1.56. The summed E-state index contributed by atoms with van der Waals surface area (Å²) < 4.78 is 0. The molecule has 4 aliphatic rings. The summed E-state index contributed by atoms with van der Waals surface area (Å²) in [4.78, 5) is 0. The van der Waals surface area contributed by atoms with Gasteiger partial charge in [0.2, 0.25) is 0 Å². The number of aryl methyl sites for hydroxylation is 2. The SMILES string of the molecule is Cc1c2ccc(c1C)CCc1c(C)c(C)c(c(C)c1C)CC2. The van der Waals surface area contributed by atoms with Crippen molar-refractivity contribution in [3.63, 3.8) is 0 Å². The van der Waals surface area contributed by atoms with E-state index in [0.29, 0.717) is 0 Å². The number of benzene rings is 2. The van der Waals surface area contributed by atoms with Crippen LogP contribution >= 0.6 is 0 Å². The first-order valence-corrected chi connectivity index (χ1v) is 8.57. The van der Waals surface area contributed by atoms with Crippen LogP contribution in [0.1, 0.15) is 55.6 Å². The molecule has 0 heteroatoms. The van der Waals surface area contributed by atoms with E-state index in [4.69, 9.17) is 0 Å². The summed E-state index contributed by atoms with van der Waals surface area (Å²) in [5.41, 5.74) is 15.4. The van der Waals surface area contributed by atoms with Crippen LogP contribution in [0.15, 0.2) is 12.1 Å². The lowest BCUT2D eigenvalue weighted by Crippen LogP contribution is -2.10. The molecule has 0 saturated heterocycles. The quantitative estimate of drug-likeness (QED) is 0.608. The van der Waals surface area contributed by atoms with E-state index < -0.39 is 0 Å². The lowest BCUT2D eigenvalue weighted by Gasteiger charge is -2.23. The van der Waals surface area contributed by atoms with Gasteiger partial charge in [-0.1, -0.05) is 12.1 Å². The van der Waals surface area contributed by atoms with Crippen molar-refractivity contribution in [3.8, 4) is 0 Å². The van der Waals surface area contributed by atoms with Gasteiger partial charge in [-0.2, -0.15) is 0 Å².